The summed E-state index contributed by atoms with van der Waals surface area (Å²) >= 11 is 4.25. The highest BCUT2D eigenvalue weighted by Crippen LogP contribution is 2.36. The maximum absolute atomic E-state index is 12.3. The van der Waals surface area contributed by atoms with E-state index in [4.69, 9.17) is 4.74 Å². The summed E-state index contributed by atoms with van der Waals surface area (Å²) in [7, 11) is 0. The Bertz CT molecular complexity index is 836. The van der Waals surface area contributed by atoms with Gasteiger partial charge in [0, 0.05) is 11.6 Å². The van der Waals surface area contributed by atoms with E-state index in [2.05, 4.69) is 9.97 Å². The van der Waals surface area contributed by atoms with E-state index in [-0.39, 0.29) is 12.3 Å². The van der Waals surface area contributed by atoms with Crippen molar-refractivity contribution in [2.45, 2.75) is 11.3 Å². The lowest BCUT2D eigenvalue weighted by molar-refractivity contribution is 0.0515. The molecule has 0 amide bonds. The molecule has 0 radical (unpaired) electrons. The number of thioether (sulfide) groups is 1. The van der Waals surface area contributed by atoms with E-state index in [1.54, 1.807) is 23.1 Å². The lowest BCUT2D eigenvalue weighted by Gasteiger charge is -2.06. The highest BCUT2D eigenvalue weighted by molar-refractivity contribution is 8.00. The molecule has 0 aliphatic heterocycles. The zero-order valence-corrected chi connectivity index (χ0v) is 14.2. The summed E-state index contributed by atoms with van der Waals surface area (Å²) in [6.07, 6.45) is 4.24. The second-order valence-corrected chi connectivity index (χ2v) is 7.01. The molecule has 6 nitrogen and oxygen atoms in total. The zero-order valence-electron chi connectivity index (χ0n) is 11.7. The van der Waals surface area contributed by atoms with Crippen LogP contribution in [-0.2, 0) is 4.74 Å². The van der Waals surface area contributed by atoms with Gasteiger partial charge in [-0.3, -0.25) is 9.36 Å². The number of rotatable bonds is 5. The van der Waals surface area contributed by atoms with E-state index >= 15 is 0 Å². The molecule has 0 fully saturated rings. The van der Waals surface area contributed by atoms with Gasteiger partial charge in [-0.25, -0.2) is 14.8 Å². The SMILES string of the molecule is CCOC(=O)c1c(C=O)c2sc(SC)nc2n1-c1nccs1. The Morgan fingerprint density at radius 2 is 2.36 bits per heavy atom. The standard InChI is InChI=1S/C13H11N3O3S3/c1-3-19-11(18)8-7(6-17)9-10(15-13(20-2)22-9)16(8)12-14-4-5-21-12/h4-6H,3H2,1-2H3. The Morgan fingerprint density at radius 1 is 1.55 bits per heavy atom. The van der Waals surface area contributed by atoms with E-state index in [0.717, 1.165) is 4.34 Å². The second-order valence-electron chi connectivity index (χ2n) is 4.09. The molecule has 0 N–H and O–H groups in total. The molecule has 0 atom stereocenters. The molecule has 3 aromatic rings. The fraction of sp³-hybridized carbons (Fsp3) is 0.231. The summed E-state index contributed by atoms with van der Waals surface area (Å²) in [5.41, 5.74) is 1.06. The van der Waals surface area contributed by atoms with E-state index in [0.29, 0.717) is 27.3 Å². The number of esters is 1. The van der Waals surface area contributed by atoms with Crippen LogP contribution < -0.4 is 0 Å². The fourth-order valence-electron chi connectivity index (χ4n) is 2.06. The van der Waals surface area contributed by atoms with Crippen LogP contribution in [0.2, 0.25) is 0 Å². The maximum Gasteiger partial charge on any atom is 0.356 e. The molecule has 114 valence electrons. The molecule has 0 aliphatic carbocycles. The minimum absolute atomic E-state index is 0.188. The number of hydrogen-bond acceptors (Lipinski definition) is 8. The van der Waals surface area contributed by atoms with Gasteiger partial charge in [0.05, 0.1) is 16.9 Å². The highest BCUT2D eigenvalue weighted by atomic mass is 32.2. The van der Waals surface area contributed by atoms with Crippen molar-refractivity contribution >= 4 is 57.0 Å². The van der Waals surface area contributed by atoms with Crippen molar-refractivity contribution in [1.29, 1.82) is 0 Å². The molecule has 3 rings (SSSR count). The number of thiazole rings is 2. The van der Waals surface area contributed by atoms with E-state index in [1.807, 2.05) is 6.26 Å². The van der Waals surface area contributed by atoms with Gasteiger partial charge in [-0.2, -0.15) is 0 Å². The minimum atomic E-state index is -0.546. The molecular weight excluding hydrogens is 342 g/mol. The highest BCUT2D eigenvalue weighted by Gasteiger charge is 2.28. The quantitative estimate of drug-likeness (QED) is 0.398. The van der Waals surface area contributed by atoms with Crippen LogP contribution >= 0.6 is 34.4 Å². The minimum Gasteiger partial charge on any atom is -0.461 e. The van der Waals surface area contributed by atoms with Gasteiger partial charge in [0.25, 0.3) is 0 Å². The Balaban J connectivity index is 2.36. The normalized spacial score (nSPS) is 11.0. The van der Waals surface area contributed by atoms with Gasteiger partial charge in [-0.05, 0) is 13.2 Å². The molecule has 22 heavy (non-hydrogen) atoms. The van der Waals surface area contributed by atoms with Crippen molar-refractivity contribution in [3.8, 4) is 5.13 Å². The topological polar surface area (TPSA) is 74.1 Å². The molecular formula is C13H11N3O3S3. The number of aromatic nitrogens is 3. The van der Waals surface area contributed by atoms with E-state index < -0.39 is 5.97 Å². The van der Waals surface area contributed by atoms with Crippen molar-refractivity contribution in [3.63, 3.8) is 0 Å². The van der Waals surface area contributed by atoms with Crippen LogP contribution in [0.15, 0.2) is 15.9 Å². The smallest absolute Gasteiger partial charge is 0.356 e. The lowest BCUT2D eigenvalue weighted by Crippen LogP contribution is -2.13. The van der Waals surface area contributed by atoms with Crippen LogP contribution in [-0.4, -0.2) is 39.7 Å². The lowest BCUT2D eigenvalue weighted by atomic mass is 10.2. The van der Waals surface area contributed by atoms with Crippen LogP contribution in [0.4, 0.5) is 0 Å². The van der Waals surface area contributed by atoms with Crippen LogP contribution in [0.1, 0.15) is 27.8 Å². The van der Waals surface area contributed by atoms with Crippen LogP contribution in [0.5, 0.6) is 0 Å². The summed E-state index contributed by atoms with van der Waals surface area (Å²) in [6, 6.07) is 0. The average Bonchev–Trinajstić information content (AvgIpc) is 3.21. The van der Waals surface area contributed by atoms with Gasteiger partial charge in [0.15, 0.2) is 21.4 Å². The van der Waals surface area contributed by atoms with E-state index in [9.17, 15) is 9.59 Å². The van der Waals surface area contributed by atoms with Gasteiger partial charge >= 0.3 is 5.97 Å². The summed E-state index contributed by atoms with van der Waals surface area (Å²) in [4.78, 5) is 32.6. The first-order chi connectivity index (χ1) is 10.7. The van der Waals surface area contributed by atoms with Crippen molar-refractivity contribution in [2.75, 3.05) is 12.9 Å². The molecule has 3 aromatic heterocycles. The number of nitrogens with zero attached hydrogens (tertiary/aromatic N) is 3. The number of ether oxygens (including phenoxy) is 1. The van der Waals surface area contributed by atoms with Crippen molar-refractivity contribution in [1.82, 2.24) is 14.5 Å². The van der Waals surface area contributed by atoms with Gasteiger partial charge in [-0.1, -0.05) is 11.8 Å². The predicted molar refractivity (Wildman–Crippen MR) is 87.7 cm³/mol. The molecule has 0 aromatic carbocycles. The Labute approximate surface area is 138 Å². The number of carbonyl (C=O) groups is 2. The monoisotopic (exact) mass is 353 g/mol. The van der Waals surface area contributed by atoms with Crippen molar-refractivity contribution in [3.05, 3.63) is 22.8 Å². The molecule has 9 heteroatoms. The third kappa shape index (κ3) is 2.34. The second kappa shape index (κ2) is 6.19. The van der Waals surface area contributed by atoms with Crippen LogP contribution in [0, 0.1) is 0 Å². The largest absolute Gasteiger partial charge is 0.461 e. The first kappa shape index (κ1) is 15.2. The summed E-state index contributed by atoms with van der Waals surface area (Å²) in [5.74, 6) is -0.546. The number of carbonyl (C=O) groups excluding carboxylic acids is 2. The summed E-state index contributed by atoms with van der Waals surface area (Å²) in [6.45, 7) is 1.96. The van der Waals surface area contributed by atoms with Gasteiger partial charge in [0.2, 0.25) is 0 Å². The van der Waals surface area contributed by atoms with Gasteiger partial charge < -0.3 is 4.74 Å². The predicted octanol–water partition coefficient (Wildman–Crippen LogP) is 3.25. The fourth-order valence-corrected chi connectivity index (χ4v) is 4.26. The average molecular weight is 353 g/mol. The molecule has 3 heterocycles. The zero-order chi connectivity index (χ0) is 15.7. The first-order valence-corrected chi connectivity index (χ1v) is 9.24. The molecule has 0 aliphatic rings. The molecule has 0 bridgehead atoms. The number of aldehydes is 1. The van der Waals surface area contributed by atoms with Crippen molar-refractivity contribution < 1.29 is 14.3 Å². The number of fused-ring (bicyclic) bond motifs is 1. The van der Waals surface area contributed by atoms with Gasteiger partial charge in [0.1, 0.15) is 5.69 Å². The maximum atomic E-state index is 12.3. The summed E-state index contributed by atoms with van der Waals surface area (Å²) < 4.78 is 8.21. The third-order valence-corrected chi connectivity index (χ3v) is 5.72. The molecule has 0 unspecified atom stereocenters. The van der Waals surface area contributed by atoms with Crippen molar-refractivity contribution in [2.24, 2.45) is 0 Å². The third-order valence-electron chi connectivity index (χ3n) is 2.90. The first-order valence-electron chi connectivity index (χ1n) is 6.32. The van der Waals surface area contributed by atoms with Crippen LogP contribution in [0.25, 0.3) is 15.5 Å². The Hall–Kier alpha value is -1.71. The molecule has 0 saturated carbocycles. The van der Waals surface area contributed by atoms with E-state index in [1.165, 1.54) is 34.4 Å². The number of hydrogen-bond donors (Lipinski definition) is 0. The Morgan fingerprint density at radius 3 is 2.95 bits per heavy atom. The molecule has 0 spiro atoms. The van der Waals surface area contributed by atoms with Gasteiger partial charge in [-0.15, -0.1) is 22.7 Å². The Kier molecular flexibility index (Phi) is 4.27. The summed E-state index contributed by atoms with van der Waals surface area (Å²) in [5, 5.41) is 2.39. The molecule has 0 saturated heterocycles. The van der Waals surface area contributed by atoms with Crippen LogP contribution in [0.3, 0.4) is 0 Å².